The van der Waals surface area contributed by atoms with Gasteiger partial charge in [0.15, 0.2) is 5.13 Å². The van der Waals surface area contributed by atoms with E-state index in [9.17, 15) is 13.2 Å². The minimum Gasteiger partial charge on any atom is -0.492 e. The molecule has 0 saturated carbocycles. The molecule has 0 bridgehead atoms. The smallest absolute Gasteiger partial charge is 0.253 e. The maximum atomic E-state index is 13.3. The molecule has 0 atom stereocenters. The fraction of sp³-hybridized carbons (Fsp3) is 0.310. The Morgan fingerprint density at radius 1 is 0.923 bits per heavy atom. The molecular weight excluding hydrogens is 532 g/mol. The van der Waals surface area contributed by atoms with E-state index in [0.29, 0.717) is 57.9 Å². The maximum absolute atomic E-state index is 13.3. The second kappa shape index (κ2) is 10.6. The zero-order valence-electron chi connectivity index (χ0n) is 21.7. The second-order valence-corrected chi connectivity index (χ2v) is 12.6. The van der Waals surface area contributed by atoms with Crippen molar-refractivity contribution in [2.75, 3.05) is 44.2 Å². The molecule has 1 fully saturated rings. The summed E-state index contributed by atoms with van der Waals surface area (Å²) in [6.07, 6.45) is 0.697. The molecule has 10 heteroatoms. The first-order valence-corrected chi connectivity index (χ1v) is 15.4. The number of hydrogen-bond donors (Lipinski definition) is 0. The number of aromatic nitrogens is 1. The largest absolute Gasteiger partial charge is 0.492 e. The molecule has 0 spiro atoms. The predicted octanol–water partition coefficient (Wildman–Crippen LogP) is 4.40. The Morgan fingerprint density at radius 2 is 1.67 bits per heavy atom. The highest BCUT2D eigenvalue weighted by Gasteiger charge is 2.29. The minimum atomic E-state index is -3.64. The molecule has 1 aromatic heterocycles. The van der Waals surface area contributed by atoms with Gasteiger partial charge in [-0.2, -0.15) is 4.31 Å². The number of hydrogen-bond acceptors (Lipinski definition) is 7. The lowest BCUT2D eigenvalue weighted by atomic mass is 10.0. The Kier molecular flexibility index (Phi) is 7.01. The Balaban J connectivity index is 1.10. The first-order chi connectivity index (χ1) is 18.9. The number of rotatable bonds is 6. The van der Waals surface area contributed by atoms with Crippen LogP contribution in [0.3, 0.4) is 0 Å². The lowest BCUT2D eigenvalue weighted by Gasteiger charge is -2.34. The van der Waals surface area contributed by atoms with E-state index in [1.165, 1.54) is 9.87 Å². The van der Waals surface area contributed by atoms with E-state index < -0.39 is 10.0 Å². The van der Waals surface area contributed by atoms with Crippen molar-refractivity contribution in [3.05, 3.63) is 83.4 Å². The Hall–Kier alpha value is -3.47. The van der Waals surface area contributed by atoms with Crippen LogP contribution >= 0.6 is 11.3 Å². The van der Waals surface area contributed by atoms with Crippen LogP contribution in [-0.2, 0) is 23.0 Å². The van der Waals surface area contributed by atoms with Crippen LogP contribution in [0, 0.1) is 0 Å². The van der Waals surface area contributed by atoms with Crippen molar-refractivity contribution in [3.63, 3.8) is 0 Å². The monoisotopic (exact) mass is 562 g/mol. The number of carbonyl (C=O) groups is 1. The highest BCUT2D eigenvalue weighted by atomic mass is 32.2. The highest BCUT2D eigenvalue weighted by molar-refractivity contribution is 7.89. The zero-order chi connectivity index (χ0) is 27.0. The standard InChI is InChI=1S/C29H30N4O4S2/c1-2-37-25-8-5-9-26-27(25)30-29(38-26)32-18-16-31(17-19-32)28(34)22-10-12-24(13-11-22)39(35,36)33-15-14-21-6-3-4-7-23(21)20-33/h3-13H,2,14-20H2,1H3. The summed E-state index contributed by atoms with van der Waals surface area (Å²) in [4.78, 5) is 22.3. The van der Waals surface area contributed by atoms with E-state index in [1.54, 1.807) is 35.6 Å². The van der Waals surface area contributed by atoms with E-state index >= 15 is 0 Å². The van der Waals surface area contributed by atoms with Crippen LogP contribution in [0.25, 0.3) is 10.2 Å². The number of amides is 1. The molecule has 202 valence electrons. The third-order valence-electron chi connectivity index (χ3n) is 7.34. The van der Waals surface area contributed by atoms with Crippen molar-refractivity contribution in [2.45, 2.75) is 24.8 Å². The summed E-state index contributed by atoms with van der Waals surface area (Å²) in [6.45, 7) is 5.86. The number of anilines is 1. The normalized spacial score (nSPS) is 16.3. The molecule has 3 aromatic carbocycles. The minimum absolute atomic E-state index is 0.0894. The van der Waals surface area contributed by atoms with E-state index in [1.807, 2.05) is 48.2 Å². The summed E-state index contributed by atoms with van der Waals surface area (Å²) in [5.41, 5.74) is 3.61. The molecule has 0 unspecified atom stereocenters. The molecule has 0 aliphatic carbocycles. The van der Waals surface area contributed by atoms with Gasteiger partial charge in [-0.05, 0) is 60.9 Å². The lowest BCUT2D eigenvalue weighted by molar-refractivity contribution is 0.0746. The van der Waals surface area contributed by atoms with Gasteiger partial charge in [0.2, 0.25) is 10.0 Å². The van der Waals surface area contributed by atoms with Crippen LogP contribution in [0.5, 0.6) is 5.75 Å². The van der Waals surface area contributed by atoms with Gasteiger partial charge in [-0.15, -0.1) is 0 Å². The van der Waals surface area contributed by atoms with E-state index in [0.717, 1.165) is 26.7 Å². The highest BCUT2D eigenvalue weighted by Crippen LogP contribution is 2.34. The van der Waals surface area contributed by atoms with Crippen molar-refractivity contribution < 1.29 is 17.9 Å². The van der Waals surface area contributed by atoms with Gasteiger partial charge in [-0.25, -0.2) is 13.4 Å². The Morgan fingerprint density at radius 3 is 2.41 bits per heavy atom. The molecule has 1 amide bonds. The van der Waals surface area contributed by atoms with Crippen LogP contribution in [-0.4, -0.2) is 67.8 Å². The number of carbonyl (C=O) groups excluding carboxylic acids is 1. The van der Waals surface area contributed by atoms with Gasteiger partial charge in [-0.3, -0.25) is 4.79 Å². The van der Waals surface area contributed by atoms with Crippen LogP contribution in [0.15, 0.2) is 71.6 Å². The quantitative estimate of drug-likeness (QED) is 0.346. The molecule has 0 radical (unpaired) electrons. The van der Waals surface area contributed by atoms with Gasteiger partial charge in [-0.1, -0.05) is 41.7 Å². The number of para-hydroxylation sites is 1. The zero-order valence-corrected chi connectivity index (χ0v) is 23.4. The summed E-state index contributed by atoms with van der Waals surface area (Å²) in [6, 6.07) is 20.3. The number of thiazole rings is 1. The van der Waals surface area contributed by atoms with E-state index in [4.69, 9.17) is 9.72 Å². The summed E-state index contributed by atoms with van der Waals surface area (Å²) in [7, 11) is -3.64. The van der Waals surface area contributed by atoms with Gasteiger partial charge in [0, 0.05) is 44.8 Å². The topological polar surface area (TPSA) is 83.0 Å². The van der Waals surface area contributed by atoms with Crippen molar-refractivity contribution >= 4 is 42.6 Å². The van der Waals surface area contributed by atoms with Crippen molar-refractivity contribution in [3.8, 4) is 5.75 Å². The van der Waals surface area contributed by atoms with Crippen LogP contribution < -0.4 is 9.64 Å². The molecule has 8 nitrogen and oxygen atoms in total. The van der Waals surface area contributed by atoms with Gasteiger partial charge in [0.25, 0.3) is 5.91 Å². The molecule has 2 aliphatic rings. The third-order valence-corrected chi connectivity index (χ3v) is 10.3. The second-order valence-electron chi connectivity index (χ2n) is 9.69. The fourth-order valence-corrected chi connectivity index (χ4v) is 7.65. The molecule has 2 aliphatic heterocycles. The fourth-order valence-electron chi connectivity index (χ4n) is 5.20. The van der Waals surface area contributed by atoms with Crippen molar-refractivity contribution in [1.82, 2.24) is 14.2 Å². The number of fused-ring (bicyclic) bond motifs is 2. The predicted molar refractivity (Wildman–Crippen MR) is 153 cm³/mol. The van der Waals surface area contributed by atoms with Gasteiger partial charge in [0.1, 0.15) is 11.3 Å². The molecule has 3 heterocycles. The van der Waals surface area contributed by atoms with Crippen LogP contribution in [0.4, 0.5) is 5.13 Å². The van der Waals surface area contributed by atoms with Crippen LogP contribution in [0.1, 0.15) is 28.4 Å². The SMILES string of the molecule is CCOc1cccc2sc(N3CCN(C(=O)c4ccc(S(=O)(=O)N5CCc6ccccc6C5)cc4)CC3)nc12. The molecule has 4 aromatic rings. The third kappa shape index (κ3) is 4.99. The number of sulfonamides is 1. The molecule has 1 saturated heterocycles. The molecular formula is C29H30N4O4S2. The average Bonchev–Trinajstić information content (AvgIpc) is 3.42. The Bertz CT molecular complexity index is 1610. The first-order valence-electron chi connectivity index (χ1n) is 13.2. The van der Waals surface area contributed by atoms with E-state index in [2.05, 4.69) is 11.0 Å². The van der Waals surface area contributed by atoms with Gasteiger partial charge >= 0.3 is 0 Å². The summed E-state index contributed by atoms with van der Waals surface area (Å²) < 4.78 is 34.9. The first kappa shape index (κ1) is 25.8. The molecule has 0 N–H and O–H groups in total. The lowest BCUT2D eigenvalue weighted by Crippen LogP contribution is -2.48. The summed E-state index contributed by atoms with van der Waals surface area (Å²) >= 11 is 1.63. The van der Waals surface area contributed by atoms with Crippen molar-refractivity contribution in [2.24, 2.45) is 0 Å². The van der Waals surface area contributed by atoms with Crippen LogP contribution in [0.2, 0.25) is 0 Å². The van der Waals surface area contributed by atoms with Gasteiger partial charge in [0.05, 0.1) is 16.2 Å². The maximum Gasteiger partial charge on any atom is 0.253 e. The molecule has 6 rings (SSSR count). The summed E-state index contributed by atoms with van der Waals surface area (Å²) in [5.74, 6) is 0.704. The van der Waals surface area contributed by atoms with E-state index in [-0.39, 0.29) is 10.8 Å². The number of nitrogens with zero attached hydrogens (tertiary/aromatic N) is 4. The number of benzene rings is 3. The number of ether oxygens (including phenoxy) is 1. The average molecular weight is 563 g/mol. The van der Waals surface area contributed by atoms with Crippen molar-refractivity contribution in [1.29, 1.82) is 0 Å². The summed E-state index contributed by atoms with van der Waals surface area (Å²) in [5, 5.41) is 0.930. The van der Waals surface area contributed by atoms with Gasteiger partial charge < -0.3 is 14.5 Å². The Labute approximate surface area is 232 Å². The molecule has 39 heavy (non-hydrogen) atoms. The number of piperazine rings is 1.